The number of amides is 1. The van der Waals surface area contributed by atoms with Crippen LogP contribution >= 0.6 is 11.6 Å². The predicted octanol–water partition coefficient (Wildman–Crippen LogP) is 2.95. The molecule has 3 nitrogen and oxygen atoms in total. The first-order chi connectivity index (χ1) is 8.74. The minimum absolute atomic E-state index is 0.0923. The summed E-state index contributed by atoms with van der Waals surface area (Å²) in [6, 6.07) is 12.1. The summed E-state index contributed by atoms with van der Waals surface area (Å²) < 4.78 is 0. The molecule has 0 saturated heterocycles. The van der Waals surface area contributed by atoms with Crippen LogP contribution in [-0.4, -0.2) is 16.9 Å². The molecule has 4 heteroatoms. The van der Waals surface area contributed by atoms with Crippen LogP contribution in [-0.2, 0) is 0 Å². The Kier molecular flexibility index (Phi) is 2.84. The molecule has 1 aromatic heterocycles. The molecule has 0 aliphatic heterocycles. The number of halogens is 1. The molecular formula is C14H13ClN2O. The molecule has 0 radical (unpaired) electrons. The molecule has 2 N–H and O–H groups in total. The Balaban J connectivity index is 1.62. The maximum absolute atomic E-state index is 11.9. The number of hydrogen-bond donors (Lipinski definition) is 2. The first-order valence-corrected chi connectivity index (χ1v) is 6.31. The van der Waals surface area contributed by atoms with Gasteiger partial charge in [-0.15, -0.1) is 0 Å². The lowest BCUT2D eigenvalue weighted by Crippen LogP contribution is -2.26. The zero-order valence-electron chi connectivity index (χ0n) is 9.69. The van der Waals surface area contributed by atoms with Crippen molar-refractivity contribution >= 4 is 17.5 Å². The molecule has 18 heavy (non-hydrogen) atoms. The molecule has 1 aliphatic carbocycles. The minimum atomic E-state index is -0.0923. The molecule has 0 bridgehead atoms. The number of aromatic nitrogens is 1. The lowest BCUT2D eigenvalue weighted by atomic mass is 10.1. The average molecular weight is 261 g/mol. The average Bonchev–Trinajstić information content (AvgIpc) is 3.01. The van der Waals surface area contributed by atoms with Crippen molar-refractivity contribution in [2.45, 2.75) is 18.4 Å². The van der Waals surface area contributed by atoms with Gasteiger partial charge in [-0.3, -0.25) is 4.79 Å². The van der Waals surface area contributed by atoms with Crippen LogP contribution in [0.4, 0.5) is 0 Å². The van der Waals surface area contributed by atoms with E-state index in [1.807, 2.05) is 18.2 Å². The SMILES string of the molecule is O=C(N[C@H]1C[C@@H]1c1ccccc1)c1cc(Cl)c[nH]1. The number of nitrogens with one attached hydrogen (secondary N) is 2. The second kappa shape index (κ2) is 4.50. The normalized spacial score (nSPS) is 21.6. The van der Waals surface area contributed by atoms with Crippen LogP contribution in [0.15, 0.2) is 42.6 Å². The maximum Gasteiger partial charge on any atom is 0.267 e. The van der Waals surface area contributed by atoms with E-state index < -0.39 is 0 Å². The summed E-state index contributed by atoms with van der Waals surface area (Å²) >= 11 is 5.77. The maximum atomic E-state index is 11.9. The predicted molar refractivity (Wildman–Crippen MR) is 70.9 cm³/mol. The number of benzene rings is 1. The van der Waals surface area contributed by atoms with E-state index in [0.717, 1.165) is 6.42 Å². The summed E-state index contributed by atoms with van der Waals surface area (Å²) in [5.74, 6) is 0.353. The van der Waals surface area contributed by atoms with E-state index >= 15 is 0 Å². The summed E-state index contributed by atoms with van der Waals surface area (Å²) in [7, 11) is 0. The van der Waals surface area contributed by atoms with Crippen molar-refractivity contribution in [2.75, 3.05) is 0 Å². The van der Waals surface area contributed by atoms with E-state index in [1.54, 1.807) is 12.3 Å². The molecule has 0 spiro atoms. The molecule has 1 fully saturated rings. The van der Waals surface area contributed by atoms with Gasteiger partial charge in [-0.1, -0.05) is 41.9 Å². The molecule has 92 valence electrons. The Morgan fingerprint density at radius 2 is 2.11 bits per heavy atom. The molecule has 3 rings (SSSR count). The van der Waals surface area contributed by atoms with Crippen LogP contribution < -0.4 is 5.32 Å². The van der Waals surface area contributed by atoms with Gasteiger partial charge >= 0.3 is 0 Å². The topological polar surface area (TPSA) is 44.9 Å². The summed E-state index contributed by atoms with van der Waals surface area (Å²) in [5.41, 5.74) is 1.80. The lowest BCUT2D eigenvalue weighted by molar-refractivity contribution is 0.0946. The number of rotatable bonds is 3. The zero-order valence-corrected chi connectivity index (χ0v) is 10.4. The van der Waals surface area contributed by atoms with E-state index in [-0.39, 0.29) is 11.9 Å². The van der Waals surface area contributed by atoms with Gasteiger partial charge in [0.25, 0.3) is 5.91 Å². The third kappa shape index (κ3) is 2.27. The molecule has 1 heterocycles. The molecule has 1 aliphatic rings. The minimum Gasteiger partial charge on any atom is -0.356 e. The molecule has 2 aromatic rings. The Morgan fingerprint density at radius 3 is 2.78 bits per heavy atom. The summed E-state index contributed by atoms with van der Waals surface area (Å²) in [6.07, 6.45) is 2.61. The van der Waals surface area contributed by atoms with Crippen molar-refractivity contribution in [1.29, 1.82) is 0 Å². The van der Waals surface area contributed by atoms with E-state index in [9.17, 15) is 4.79 Å². The smallest absolute Gasteiger partial charge is 0.267 e. The van der Waals surface area contributed by atoms with Crippen molar-refractivity contribution in [2.24, 2.45) is 0 Å². The van der Waals surface area contributed by atoms with Gasteiger partial charge in [-0.25, -0.2) is 0 Å². The fourth-order valence-electron chi connectivity index (χ4n) is 2.17. The van der Waals surface area contributed by atoms with Crippen molar-refractivity contribution in [3.05, 3.63) is 58.9 Å². The molecule has 2 atom stereocenters. The van der Waals surface area contributed by atoms with Gasteiger partial charge in [0, 0.05) is 18.2 Å². The number of aromatic amines is 1. The Labute approximate surface area is 110 Å². The Morgan fingerprint density at radius 1 is 1.33 bits per heavy atom. The van der Waals surface area contributed by atoms with Crippen molar-refractivity contribution in [3.63, 3.8) is 0 Å². The lowest BCUT2D eigenvalue weighted by Gasteiger charge is -2.03. The quantitative estimate of drug-likeness (QED) is 0.876. The van der Waals surface area contributed by atoms with E-state index in [4.69, 9.17) is 11.6 Å². The van der Waals surface area contributed by atoms with E-state index in [2.05, 4.69) is 22.4 Å². The second-order valence-electron chi connectivity index (χ2n) is 4.56. The number of H-pyrrole nitrogens is 1. The second-order valence-corrected chi connectivity index (χ2v) is 5.00. The van der Waals surface area contributed by atoms with Crippen LogP contribution in [0.2, 0.25) is 5.02 Å². The van der Waals surface area contributed by atoms with Gasteiger partial charge in [-0.05, 0) is 18.1 Å². The summed E-state index contributed by atoms with van der Waals surface area (Å²) in [6.45, 7) is 0. The third-order valence-electron chi connectivity index (χ3n) is 3.23. The van der Waals surface area contributed by atoms with Crippen molar-refractivity contribution in [1.82, 2.24) is 10.3 Å². The summed E-state index contributed by atoms with van der Waals surface area (Å²) in [5, 5.41) is 3.55. The van der Waals surface area contributed by atoms with Crippen LogP contribution in [0.25, 0.3) is 0 Å². The Bertz CT molecular complexity index is 564. The van der Waals surface area contributed by atoms with Crippen LogP contribution in [0, 0.1) is 0 Å². The standard InChI is InChI=1S/C14H13ClN2O/c15-10-6-13(16-8-10)14(18)17-12-7-11(12)9-4-2-1-3-5-9/h1-6,8,11-12,16H,7H2,(H,17,18)/t11-,12+/m1/s1. The van der Waals surface area contributed by atoms with Gasteiger partial charge in [0.1, 0.15) is 5.69 Å². The molecule has 1 amide bonds. The van der Waals surface area contributed by atoms with E-state index in [0.29, 0.717) is 16.6 Å². The van der Waals surface area contributed by atoms with Gasteiger partial charge in [0.05, 0.1) is 5.02 Å². The number of hydrogen-bond acceptors (Lipinski definition) is 1. The summed E-state index contributed by atoms with van der Waals surface area (Å²) in [4.78, 5) is 14.7. The van der Waals surface area contributed by atoms with Gasteiger partial charge in [0.15, 0.2) is 0 Å². The monoisotopic (exact) mass is 260 g/mol. The highest BCUT2D eigenvalue weighted by molar-refractivity contribution is 6.30. The highest BCUT2D eigenvalue weighted by Crippen LogP contribution is 2.40. The highest BCUT2D eigenvalue weighted by atomic mass is 35.5. The van der Waals surface area contributed by atoms with Crippen LogP contribution in [0.5, 0.6) is 0 Å². The van der Waals surface area contributed by atoms with Gasteiger partial charge < -0.3 is 10.3 Å². The first kappa shape index (κ1) is 11.4. The molecule has 1 saturated carbocycles. The van der Waals surface area contributed by atoms with Gasteiger partial charge in [-0.2, -0.15) is 0 Å². The third-order valence-corrected chi connectivity index (χ3v) is 3.45. The van der Waals surface area contributed by atoms with E-state index in [1.165, 1.54) is 5.56 Å². The first-order valence-electron chi connectivity index (χ1n) is 5.94. The fraction of sp³-hybridized carbons (Fsp3) is 0.214. The van der Waals surface area contributed by atoms with Crippen LogP contribution in [0.1, 0.15) is 28.4 Å². The number of carbonyl (C=O) groups excluding carboxylic acids is 1. The zero-order chi connectivity index (χ0) is 12.5. The van der Waals surface area contributed by atoms with Crippen molar-refractivity contribution < 1.29 is 4.79 Å². The van der Waals surface area contributed by atoms with Crippen LogP contribution in [0.3, 0.4) is 0 Å². The molecule has 1 aromatic carbocycles. The fourth-order valence-corrected chi connectivity index (χ4v) is 2.33. The molecular weight excluding hydrogens is 248 g/mol. The highest BCUT2D eigenvalue weighted by Gasteiger charge is 2.39. The number of carbonyl (C=O) groups is 1. The molecule has 0 unspecified atom stereocenters. The van der Waals surface area contributed by atoms with Crippen molar-refractivity contribution in [3.8, 4) is 0 Å². The Hall–Kier alpha value is -1.74. The van der Waals surface area contributed by atoms with Gasteiger partial charge in [0.2, 0.25) is 0 Å². The largest absolute Gasteiger partial charge is 0.356 e.